The lowest BCUT2D eigenvalue weighted by Crippen LogP contribution is -2.42. The van der Waals surface area contributed by atoms with E-state index in [2.05, 4.69) is 25.7 Å². The van der Waals surface area contributed by atoms with Crippen LogP contribution < -0.4 is 15.5 Å². The molecule has 3 rings (SSSR count). The monoisotopic (exact) mass is 413 g/mol. The maximum absolute atomic E-state index is 12.0. The Balaban J connectivity index is 1.38. The van der Waals surface area contributed by atoms with Gasteiger partial charge < -0.3 is 14.8 Å². The van der Waals surface area contributed by atoms with E-state index in [9.17, 15) is 4.79 Å². The number of nitrogens with one attached hydrogen (secondary N) is 2. The lowest BCUT2D eigenvalue weighted by Gasteiger charge is -2.26. The second kappa shape index (κ2) is 11.2. The van der Waals surface area contributed by atoms with Crippen molar-refractivity contribution < 1.29 is 14.3 Å². The van der Waals surface area contributed by atoms with Crippen LogP contribution in [0.15, 0.2) is 53.9 Å². The van der Waals surface area contributed by atoms with Gasteiger partial charge in [-0.15, -0.1) is 0 Å². The van der Waals surface area contributed by atoms with E-state index < -0.39 is 5.97 Å². The van der Waals surface area contributed by atoms with Crippen LogP contribution in [-0.4, -0.2) is 66.6 Å². The smallest absolute Gasteiger partial charge is 0.345 e. The Morgan fingerprint density at radius 1 is 1.28 bits per heavy atom. The third-order valence-electron chi connectivity index (χ3n) is 4.18. The quantitative estimate of drug-likeness (QED) is 0.232. The number of benzene rings is 1. The van der Waals surface area contributed by atoms with E-state index >= 15 is 0 Å². The summed E-state index contributed by atoms with van der Waals surface area (Å²) in [4.78, 5) is 18.2. The molecule has 2 aromatic rings. The zero-order valence-corrected chi connectivity index (χ0v) is 16.7. The van der Waals surface area contributed by atoms with Crippen LogP contribution in [0.5, 0.6) is 5.75 Å². The molecular weight excluding hydrogens is 390 g/mol. The molecular formula is C20H23N5O3S. The number of hydrogen-bond donors (Lipinski definition) is 2. The number of morpholine rings is 1. The molecule has 1 aliphatic heterocycles. The third kappa shape index (κ3) is 7.22. The fourth-order valence-corrected chi connectivity index (χ4v) is 2.78. The molecule has 0 radical (unpaired) electrons. The minimum atomic E-state index is -0.449. The molecule has 29 heavy (non-hydrogen) atoms. The summed E-state index contributed by atoms with van der Waals surface area (Å²) in [6, 6.07) is 10.3. The molecule has 0 spiro atoms. The van der Waals surface area contributed by atoms with Crippen molar-refractivity contribution in [3.63, 3.8) is 0 Å². The van der Waals surface area contributed by atoms with Gasteiger partial charge in [0.05, 0.1) is 25.0 Å². The van der Waals surface area contributed by atoms with Crippen molar-refractivity contribution in [2.75, 3.05) is 39.4 Å². The molecule has 0 bridgehead atoms. The third-order valence-corrected chi connectivity index (χ3v) is 4.42. The van der Waals surface area contributed by atoms with Gasteiger partial charge >= 0.3 is 5.97 Å². The summed E-state index contributed by atoms with van der Waals surface area (Å²) in [6.45, 7) is 5.14. The van der Waals surface area contributed by atoms with Crippen LogP contribution in [0.3, 0.4) is 0 Å². The SMILES string of the molecule is O=C(Oc1ccc(/C=N\NC(=S)NCCN2CCOCC2)cc1)c1cccnc1. The van der Waals surface area contributed by atoms with Crippen molar-refractivity contribution in [2.24, 2.45) is 5.10 Å². The number of hydrazone groups is 1. The molecule has 9 heteroatoms. The van der Waals surface area contributed by atoms with E-state index in [0.717, 1.165) is 45.0 Å². The van der Waals surface area contributed by atoms with Crippen LogP contribution in [0.25, 0.3) is 0 Å². The zero-order valence-electron chi connectivity index (χ0n) is 15.9. The molecule has 1 saturated heterocycles. The second-order valence-corrected chi connectivity index (χ2v) is 6.69. The molecule has 2 N–H and O–H groups in total. The van der Waals surface area contributed by atoms with Crippen molar-refractivity contribution in [3.8, 4) is 5.75 Å². The topological polar surface area (TPSA) is 88.1 Å². The van der Waals surface area contributed by atoms with Crippen molar-refractivity contribution >= 4 is 29.5 Å². The number of carbonyl (C=O) groups is 1. The Bertz CT molecular complexity index is 824. The van der Waals surface area contributed by atoms with Gasteiger partial charge in [0, 0.05) is 38.6 Å². The standard InChI is InChI=1S/C20H23N5O3S/c26-19(17-2-1-7-21-15-17)28-18-5-3-16(4-6-18)14-23-24-20(29)22-8-9-25-10-12-27-13-11-25/h1-7,14-15H,8-13H2,(H2,22,24,29)/b23-14-. The minimum Gasteiger partial charge on any atom is -0.423 e. The summed E-state index contributed by atoms with van der Waals surface area (Å²) in [5.74, 6) is -0.000974. The normalized spacial score (nSPS) is 14.5. The number of pyridine rings is 1. The average molecular weight is 414 g/mol. The number of thiocarbonyl (C=S) groups is 1. The van der Waals surface area contributed by atoms with Crippen molar-refractivity contribution in [2.45, 2.75) is 0 Å². The lowest BCUT2D eigenvalue weighted by atomic mass is 10.2. The molecule has 0 amide bonds. The Kier molecular flexibility index (Phi) is 8.05. The van der Waals surface area contributed by atoms with Gasteiger partial charge in [-0.05, 0) is 54.2 Å². The van der Waals surface area contributed by atoms with Crippen LogP contribution in [0.4, 0.5) is 0 Å². The van der Waals surface area contributed by atoms with Gasteiger partial charge in [-0.1, -0.05) is 0 Å². The molecule has 1 aromatic carbocycles. The first-order valence-electron chi connectivity index (χ1n) is 9.30. The first kappa shape index (κ1) is 20.8. The maximum atomic E-state index is 12.0. The zero-order chi connectivity index (χ0) is 20.3. The Hall–Kier alpha value is -2.88. The number of aromatic nitrogens is 1. The first-order valence-corrected chi connectivity index (χ1v) is 9.71. The lowest BCUT2D eigenvalue weighted by molar-refractivity contribution is 0.0389. The van der Waals surface area contributed by atoms with Crippen molar-refractivity contribution in [1.29, 1.82) is 0 Å². The number of nitrogens with zero attached hydrogens (tertiary/aromatic N) is 3. The minimum absolute atomic E-state index is 0.400. The fraction of sp³-hybridized carbons (Fsp3) is 0.300. The molecule has 1 aliphatic rings. The number of esters is 1. The Labute approximate surface area is 174 Å². The predicted octanol–water partition coefficient (Wildman–Crippen LogP) is 1.43. The largest absolute Gasteiger partial charge is 0.423 e. The number of rotatable bonds is 7. The fourth-order valence-electron chi connectivity index (χ4n) is 2.63. The van der Waals surface area contributed by atoms with Crippen LogP contribution in [-0.2, 0) is 4.74 Å². The van der Waals surface area contributed by atoms with E-state index in [1.807, 2.05) is 0 Å². The number of carbonyl (C=O) groups excluding carboxylic acids is 1. The molecule has 0 unspecified atom stereocenters. The van der Waals surface area contributed by atoms with Crippen molar-refractivity contribution in [1.82, 2.24) is 20.6 Å². The summed E-state index contributed by atoms with van der Waals surface area (Å²) in [5.41, 5.74) is 4.03. The molecule has 0 aliphatic carbocycles. The van der Waals surface area contributed by atoms with Crippen LogP contribution in [0, 0.1) is 0 Å². The Morgan fingerprint density at radius 3 is 2.79 bits per heavy atom. The average Bonchev–Trinajstić information content (AvgIpc) is 2.76. The summed E-state index contributed by atoms with van der Waals surface area (Å²) < 4.78 is 10.6. The van der Waals surface area contributed by atoms with E-state index in [4.69, 9.17) is 21.7 Å². The van der Waals surface area contributed by atoms with Gasteiger partial charge in [-0.3, -0.25) is 15.3 Å². The van der Waals surface area contributed by atoms with E-state index in [1.165, 1.54) is 6.20 Å². The molecule has 1 fully saturated rings. The Morgan fingerprint density at radius 2 is 2.07 bits per heavy atom. The van der Waals surface area contributed by atoms with Gasteiger partial charge in [0.25, 0.3) is 0 Å². The van der Waals surface area contributed by atoms with Crippen LogP contribution in [0.1, 0.15) is 15.9 Å². The van der Waals surface area contributed by atoms with Gasteiger partial charge in [0.2, 0.25) is 0 Å². The van der Waals surface area contributed by atoms with Crippen LogP contribution in [0.2, 0.25) is 0 Å². The highest BCUT2D eigenvalue weighted by atomic mass is 32.1. The molecule has 0 saturated carbocycles. The number of ether oxygens (including phenoxy) is 2. The van der Waals surface area contributed by atoms with E-state index in [0.29, 0.717) is 16.4 Å². The van der Waals surface area contributed by atoms with Gasteiger partial charge in [-0.25, -0.2) is 4.79 Å². The highest BCUT2D eigenvalue weighted by Crippen LogP contribution is 2.13. The summed E-state index contributed by atoms with van der Waals surface area (Å²) in [5, 5.41) is 7.71. The van der Waals surface area contributed by atoms with Crippen molar-refractivity contribution in [3.05, 3.63) is 59.9 Å². The number of hydrogen-bond acceptors (Lipinski definition) is 7. The summed E-state index contributed by atoms with van der Waals surface area (Å²) >= 11 is 5.21. The highest BCUT2D eigenvalue weighted by molar-refractivity contribution is 7.80. The van der Waals surface area contributed by atoms with E-state index in [-0.39, 0.29) is 0 Å². The highest BCUT2D eigenvalue weighted by Gasteiger charge is 2.09. The van der Waals surface area contributed by atoms with Gasteiger partial charge in [0.15, 0.2) is 5.11 Å². The second-order valence-electron chi connectivity index (χ2n) is 6.28. The van der Waals surface area contributed by atoms with Gasteiger partial charge in [-0.2, -0.15) is 5.10 Å². The van der Waals surface area contributed by atoms with Gasteiger partial charge in [0.1, 0.15) is 5.75 Å². The first-order chi connectivity index (χ1) is 14.2. The predicted molar refractivity (Wildman–Crippen MR) is 114 cm³/mol. The molecule has 2 heterocycles. The molecule has 8 nitrogen and oxygen atoms in total. The molecule has 152 valence electrons. The van der Waals surface area contributed by atoms with E-state index in [1.54, 1.807) is 48.8 Å². The molecule has 1 aromatic heterocycles. The molecule has 0 atom stereocenters. The summed E-state index contributed by atoms with van der Waals surface area (Å²) in [7, 11) is 0. The summed E-state index contributed by atoms with van der Waals surface area (Å²) in [6.07, 6.45) is 4.71. The van der Waals surface area contributed by atoms with Crippen LogP contribution >= 0.6 is 12.2 Å². The maximum Gasteiger partial charge on any atom is 0.345 e.